The van der Waals surface area contributed by atoms with Gasteiger partial charge in [0.15, 0.2) is 5.17 Å². The van der Waals surface area contributed by atoms with Crippen LogP contribution in [0.2, 0.25) is 0 Å². The van der Waals surface area contributed by atoms with E-state index in [2.05, 4.69) is 88.0 Å². The first kappa shape index (κ1) is 23.4. The summed E-state index contributed by atoms with van der Waals surface area (Å²) in [5.41, 5.74) is 9.12. The quantitative estimate of drug-likeness (QED) is 0.507. The van der Waals surface area contributed by atoms with Crippen LogP contribution in [-0.4, -0.2) is 22.7 Å². The number of carbonyl (C=O) groups excluding carboxylic acids is 1. The standard InChI is InChI=1S/C28H33N3OS/c1-16(2)31-24-12-18(4)21(13-22(24)20(6)15-28(31,7)8)14-25-26(32)30-27(33-25)29-23-10-9-17(3)11-19(23)5/h9-16H,1-8H3,(H,29,30,32)/b25-14-. The van der Waals surface area contributed by atoms with Crippen molar-refractivity contribution in [3.63, 3.8) is 0 Å². The molecule has 1 fully saturated rings. The highest BCUT2D eigenvalue weighted by Gasteiger charge is 2.33. The number of hydrogen-bond acceptors (Lipinski definition) is 4. The van der Waals surface area contributed by atoms with Crippen LogP contribution in [-0.2, 0) is 4.79 Å². The van der Waals surface area contributed by atoms with Crippen LogP contribution in [0.3, 0.4) is 0 Å². The molecule has 0 saturated carbocycles. The van der Waals surface area contributed by atoms with Crippen molar-refractivity contribution in [2.45, 2.75) is 67.0 Å². The van der Waals surface area contributed by atoms with Gasteiger partial charge in [-0.15, -0.1) is 0 Å². The normalized spacial score (nSPS) is 19.8. The van der Waals surface area contributed by atoms with Gasteiger partial charge < -0.3 is 10.2 Å². The van der Waals surface area contributed by atoms with Crippen molar-refractivity contribution in [1.29, 1.82) is 0 Å². The van der Waals surface area contributed by atoms with Crippen LogP contribution >= 0.6 is 11.8 Å². The highest BCUT2D eigenvalue weighted by atomic mass is 32.2. The van der Waals surface area contributed by atoms with E-state index in [4.69, 9.17) is 0 Å². The van der Waals surface area contributed by atoms with E-state index >= 15 is 0 Å². The molecule has 0 unspecified atom stereocenters. The molecule has 2 aliphatic rings. The van der Waals surface area contributed by atoms with E-state index in [0.29, 0.717) is 16.1 Å². The van der Waals surface area contributed by atoms with Gasteiger partial charge in [0, 0.05) is 17.3 Å². The zero-order valence-electron chi connectivity index (χ0n) is 20.8. The van der Waals surface area contributed by atoms with Crippen LogP contribution in [0.5, 0.6) is 0 Å². The largest absolute Gasteiger partial charge is 0.360 e. The first-order chi connectivity index (χ1) is 15.5. The molecule has 4 nitrogen and oxygen atoms in total. The number of amidine groups is 1. The average molecular weight is 460 g/mol. The van der Waals surface area contributed by atoms with Gasteiger partial charge in [0.1, 0.15) is 0 Å². The molecule has 0 spiro atoms. The van der Waals surface area contributed by atoms with Gasteiger partial charge in [-0.1, -0.05) is 23.8 Å². The molecule has 2 aliphatic heterocycles. The molecule has 1 N–H and O–H groups in total. The van der Waals surface area contributed by atoms with Crippen LogP contribution in [0.15, 0.2) is 46.3 Å². The lowest BCUT2D eigenvalue weighted by atomic mass is 9.86. The monoisotopic (exact) mass is 459 g/mol. The molecule has 33 heavy (non-hydrogen) atoms. The Morgan fingerprint density at radius 2 is 1.79 bits per heavy atom. The van der Waals surface area contributed by atoms with Gasteiger partial charge in [0.2, 0.25) is 0 Å². The molecular weight excluding hydrogens is 426 g/mol. The first-order valence-electron chi connectivity index (χ1n) is 11.5. The molecule has 0 radical (unpaired) electrons. The Balaban J connectivity index is 1.70. The van der Waals surface area contributed by atoms with Crippen LogP contribution < -0.4 is 10.2 Å². The van der Waals surface area contributed by atoms with E-state index in [1.54, 1.807) is 0 Å². The van der Waals surface area contributed by atoms with Crippen molar-refractivity contribution < 1.29 is 4.79 Å². The van der Waals surface area contributed by atoms with E-state index in [-0.39, 0.29) is 11.4 Å². The molecule has 2 heterocycles. The number of carbonyl (C=O) groups is 1. The summed E-state index contributed by atoms with van der Waals surface area (Å²) in [6, 6.07) is 11.0. The zero-order valence-corrected chi connectivity index (χ0v) is 21.6. The number of nitrogens with zero attached hydrogens (tertiary/aromatic N) is 2. The molecule has 2 aromatic rings. The number of fused-ring (bicyclic) bond motifs is 1. The molecule has 1 saturated heterocycles. The molecule has 0 atom stereocenters. The van der Waals surface area contributed by atoms with Crippen molar-refractivity contribution in [3.05, 3.63) is 69.1 Å². The number of nitrogens with one attached hydrogen (secondary N) is 1. The summed E-state index contributed by atoms with van der Waals surface area (Å²) < 4.78 is 0. The molecule has 2 aromatic carbocycles. The molecule has 1 amide bonds. The van der Waals surface area contributed by atoms with Gasteiger partial charge in [-0.3, -0.25) is 4.79 Å². The number of amides is 1. The Bertz CT molecular complexity index is 1230. The molecule has 4 rings (SSSR count). The van der Waals surface area contributed by atoms with E-state index in [0.717, 1.165) is 22.4 Å². The number of benzene rings is 2. The SMILES string of the molecule is CC1=CC(C)(C)N(C(C)C)c2cc(C)c(/C=C3\SC(=Nc4ccc(C)cc4C)NC3=O)cc21. The summed E-state index contributed by atoms with van der Waals surface area (Å²) in [6.07, 6.45) is 4.33. The average Bonchev–Trinajstić information content (AvgIpc) is 3.03. The summed E-state index contributed by atoms with van der Waals surface area (Å²) in [5.74, 6) is -0.0992. The summed E-state index contributed by atoms with van der Waals surface area (Å²) in [6.45, 7) is 17.4. The van der Waals surface area contributed by atoms with Gasteiger partial charge in [0.25, 0.3) is 5.91 Å². The van der Waals surface area contributed by atoms with Crippen molar-refractivity contribution >= 4 is 45.9 Å². The fourth-order valence-corrected chi connectivity index (χ4v) is 5.80. The Labute approximate surface area is 201 Å². The second-order valence-electron chi connectivity index (χ2n) is 9.94. The van der Waals surface area contributed by atoms with Gasteiger partial charge >= 0.3 is 0 Å². The molecule has 0 aliphatic carbocycles. The summed E-state index contributed by atoms with van der Waals surface area (Å²) in [5, 5.41) is 3.55. The van der Waals surface area contributed by atoms with E-state index < -0.39 is 0 Å². The highest BCUT2D eigenvalue weighted by Crippen LogP contribution is 2.42. The van der Waals surface area contributed by atoms with Crippen molar-refractivity contribution in [1.82, 2.24) is 5.32 Å². The Hall–Kier alpha value is -2.79. The van der Waals surface area contributed by atoms with E-state index in [1.165, 1.54) is 34.1 Å². The van der Waals surface area contributed by atoms with Gasteiger partial charge in [0.05, 0.1) is 16.1 Å². The number of thioether (sulfide) groups is 1. The van der Waals surface area contributed by atoms with Crippen molar-refractivity contribution in [2.75, 3.05) is 4.90 Å². The predicted octanol–water partition coefficient (Wildman–Crippen LogP) is 6.91. The second kappa shape index (κ2) is 8.53. The minimum Gasteiger partial charge on any atom is -0.360 e. The van der Waals surface area contributed by atoms with Crippen LogP contribution in [0.25, 0.3) is 11.6 Å². The number of anilines is 1. The Kier molecular flexibility index (Phi) is 6.04. The minimum atomic E-state index is -0.0992. The number of rotatable bonds is 3. The molecule has 0 bridgehead atoms. The third kappa shape index (κ3) is 4.51. The van der Waals surface area contributed by atoms with Crippen LogP contribution in [0, 0.1) is 20.8 Å². The maximum atomic E-state index is 12.7. The first-order valence-corrected chi connectivity index (χ1v) is 12.3. The predicted molar refractivity (Wildman–Crippen MR) is 143 cm³/mol. The summed E-state index contributed by atoms with van der Waals surface area (Å²) >= 11 is 1.40. The van der Waals surface area contributed by atoms with Gasteiger partial charge in [-0.25, -0.2) is 4.99 Å². The van der Waals surface area contributed by atoms with Gasteiger partial charge in [-0.05, 0) is 114 Å². The number of hydrogen-bond donors (Lipinski definition) is 1. The lowest BCUT2D eigenvalue weighted by Gasteiger charge is -2.46. The zero-order chi connectivity index (χ0) is 24.1. The lowest BCUT2D eigenvalue weighted by molar-refractivity contribution is -0.115. The van der Waals surface area contributed by atoms with E-state index in [1.807, 2.05) is 25.1 Å². The third-order valence-electron chi connectivity index (χ3n) is 6.29. The second-order valence-corrected chi connectivity index (χ2v) is 11.0. The maximum absolute atomic E-state index is 12.7. The lowest BCUT2D eigenvalue weighted by Crippen LogP contribution is -2.49. The summed E-state index contributed by atoms with van der Waals surface area (Å²) in [4.78, 5) is 20.5. The third-order valence-corrected chi connectivity index (χ3v) is 7.20. The van der Waals surface area contributed by atoms with Gasteiger partial charge in [-0.2, -0.15) is 0 Å². The maximum Gasteiger partial charge on any atom is 0.264 e. The summed E-state index contributed by atoms with van der Waals surface area (Å²) in [7, 11) is 0. The minimum absolute atomic E-state index is 0.0433. The molecule has 5 heteroatoms. The molecular formula is C28H33N3OS. The van der Waals surface area contributed by atoms with E-state index in [9.17, 15) is 4.79 Å². The van der Waals surface area contributed by atoms with Crippen LogP contribution in [0.4, 0.5) is 11.4 Å². The smallest absolute Gasteiger partial charge is 0.264 e. The number of allylic oxidation sites excluding steroid dienone is 1. The number of aryl methyl sites for hydroxylation is 3. The topological polar surface area (TPSA) is 44.7 Å². The highest BCUT2D eigenvalue weighted by molar-refractivity contribution is 8.18. The van der Waals surface area contributed by atoms with Crippen LogP contribution in [0.1, 0.15) is 62.4 Å². The number of aliphatic imine (C=N–C) groups is 1. The molecule has 0 aromatic heterocycles. The Morgan fingerprint density at radius 1 is 1.06 bits per heavy atom. The fourth-order valence-electron chi connectivity index (χ4n) is 4.97. The molecule has 172 valence electrons. The Morgan fingerprint density at radius 3 is 2.45 bits per heavy atom. The fraction of sp³-hybridized carbons (Fsp3) is 0.357. The van der Waals surface area contributed by atoms with Crippen molar-refractivity contribution in [2.24, 2.45) is 4.99 Å². The van der Waals surface area contributed by atoms with Crippen molar-refractivity contribution in [3.8, 4) is 0 Å².